The first-order valence-corrected chi connectivity index (χ1v) is 7.11. The third-order valence-corrected chi connectivity index (χ3v) is 4.20. The van der Waals surface area contributed by atoms with Crippen LogP contribution in [-0.2, 0) is 4.79 Å². The molecule has 104 valence electrons. The first-order valence-electron chi connectivity index (χ1n) is 7.11. The molecule has 1 aromatic rings. The third-order valence-electron chi connectivity index (χ3n) is 4.20. The van der Waals surface area contributed by atoms with Gasteiger partial charge >= 0.3 is 5.97 Å². The fourth-order valence-electron chi connectivity index (χ4n) is 2.93. The van der Waals surface area contributed by atoms with Crippen LogP contribution in [0.25, 0.3) is 0 Å². The maximum atomic E-state index is 10.7. The minimum Gasteiger partial charge on any atom is -0.481 e. The van der Waals surface area contributed by atoms with Crippen LogP contribution in [-0.4, -0.2) is 24.2 Å². The van der Waals surface area contributed by atoms with E-state index in [-0.39, 0.29) is 0 Å². The summed E-state index contributed by atoms with van der Waals surface area (Å²) in [7, 11) is 0. The summed E-state index contributed by atoms with van der Waals surface area (Å²) in [6.45, 7) is 6.40. The molecule has 1 heterocycles. The quantitative estimate of drug-likeness (QED) is 0.903. The molecule has 1 aliphatic rings. The number of carboxylic acids is 1. The smallest absolute Gasteiger partial charge is 0.303 e. The van der Waals surface area contributed by atoms with Crippen LogP contribution >= 0.6 is 0 Å². The van der Waals surface area contributed by atoms with E-state index >= 15 is 0 Å². The zero-order valence-electron chi connectivity index (χ0n) is 11.9. The van der Waals surface area contributed by atoms with Gasteiger partial charge in [-0.25, -0.2) is 0 Å². The van der Waals surface area contributed by atoms with Crippen molar-refractivity contribution in [3.63, 3.8) is 0 Å². The number of hydrogen-bond donors (Lipinski definition) is 1. The van der Waals surface area contributed by atoms with Gasteiger partial charge in [0, 0.05) is 25.2 Å². The third kappa shape index (κ3) is 3.49. The highest BCUT2D eigenvalue weighted by molar-refractivity contribution is 5.66. The van der Waals surface area contributed by atoms with Gasteiger partial charge in [-0.2, -0.15) is 0 Å². The Hall–Kier alpha value is -1.51. The molecule has 0 saturated carbocycles. The number of nitrogens with zero attached hydrogens (tertiary/aromatic N) is 1. The second kappa shape index (κ2) is 6.09. The summed E-state index contributed by atoms with van der Waals surface area (Å²) in [5.41, 5.74) is 3.99. The molecule has 0 spiro atoms. The number of benzene rings is 1. The van der Waals surface area contributed by atoms with E-state index in [0.717, 1.165) is 32.4 Å². The van der Waals surface area contributed by atoms with Crippen LogP contribution in [0.5, 0.6) is 0 Å². The highest BCUT2D eigenvalue weighted by Crippen LogP contribution is 2.29. The van der Waals surface area contributed by atoms with E-state index in [0.29, 0.717) is 12.3 Å². The zero-order valence-corrected chi connectivity index (χ0v) is 11.9. The molecule has 1 fully saturated rings. The zero-order chi connectivity index (χ0) is 13.8. The Morgan fingerprint density at radius 2 is 2.21 bits per heavy atom. The second-order valence-corrected chi connectivity index (χ2v) is 5.61. The van der Waals surface area contributed by atoms with Gasteiger partial charge in [-0.15, -0.1) is 0 Å². The average Bonchev–Trinajstić information content (AvgIpc) is 2.40. The number of rotatable bonds is 4. The van der Waals surface area contributed by atoms with Gasteiger partial charge in [-0.05, 0) is 56.2 Å². The van der Waals surface area contributed by atoms with E-state index in [2.05, 4.69) is 36.9 Å². The van der Waals surface area contributed by atoms with Gasteiger partial charge in [0.25, 0.3) is 0 Å². The topological polar surface area (TPSA) is 40.5 Å². The highest BCUT2D eigenvalue weighted by atomic mass is 16.4. The molecular formula is C16H23NO2. The van der Waals surface area contributed by atoms with E-state index in [1.807, 2.05) is 0 Å². The van der Waals surface area contributed by atoms with E-state index in [9.17, 15) is 4.79 Å². The number of carboxylic acid groups (broad SMARTS) is 1. The maximum absolute atomic E-state index is 10.7. The van der Waals surface area contributed by atoms with Gasteiger partial charge in [-0.3, -0.25) is 4.79 Å². The van der Waals surface area contributed by atoms with Crippen molar-refractivity contribution in [1.82, 2.24) is 0 Å². The Bertz CT molecular complexity index is 456. The standard InChI is InChI=1S/C16H23NO2/c1-12-5-3-7-15(13(12)2)17-10-4-6-14(11-17)8-9-16(18)19/h3,5,7,14H,4,6,8-11H2,1-2H3,(H,18,19). The lowest BCUT2D eigenvalue weighted by atomic mass is 9.92. The molecule has 1 unspecified atom stereocenters. The second-order valence-electron chi connectivity index (χ2n) is 5.61. The van der Waals surface area contributed by atoms with Crippen LogP contribution in [0.1, 0.15) is 36.8 Å². The van der Waals surface area contributed by atoms with Gasteiger partial charge in [0.2, 0.25) is 0 Å². The Balaban J connectivity index is 2.04. The number of piperidine rings is 1. The van der Waals surface area contributed by atoms with E-state index in [4.69, 9.17) is 5.11 Å². The van der Waals surface area contributed by atoms with Gasteiger partial charge < -0.3 is 10.0 Å². The molecule has 2 rings (SSSR count). The summed E-state index contributed by atoms with van der Waals surface area (Å²) < 4.78 is 0. The Kier molecular flexibility index (Phi) is 4.46. The molecule has 1 atom stereocenters. The molecule has 19 heavy (non-hydrogen) atoms. The van der Waals surface area contributed by atoms with Crippen LogP contribution in [0, 0.1) is 19.8 Å². The monoisotopic (exact) mass is 261 g/mol. The summed E-state index contributed by atoms with van der Waals surface area (Å²) in [5.74, 6) is -0.159. The molecule has 1 aliphatic heterocycles. The van der Waals surface area contributed by atoms with Gasteiger partial charge in [0.05, 0.1) is 0 Å². The molecule has 3 heteroatoms. The van der Waals surface area contributed by atoms with Crippen molar-refractivity contribution >= 4 is 11.7 Å². The molecule has 0 amide bonds. The predicted octanol–water partition coefficient (Wildman–Crippen LogP) is 3.38. The van der Waals surface area contributed by atoms with Crippen molar-refractivity contribution in [1.29, 1.82) is 0 Å². The summed E-state index contributed by atoms with van der Waals surface area (Å²) in [6, 6.07) is 6.44. The predicted molar refractivity (Wildman–Crippen MR) is 77.7 cm³/mol. The van der Waals surface area contributed by atoms with Crippen molar-refractivity contribution in [3.8, 4) is 0 Å². The molecule has 1 N–H and O–H groups in total. The van der Waals surface area contributed by atoms with Crippen LogP contribution in [0.2, 0.25) is 0 Å². The van der Waals surface area contributed by atoms with E-state index < -0.39 is 5.97 Å². The van der Waals surface area contributed by atoms with Gasteiger partial charge in [0.1, 0.15) is 0 Å². The Labute approximate surface area is 115 Å². The molecule has 0 aromatic heterocycles. The van der Waals surface area contributed by atoms with Crippen molar-refractivity contribution in [2.24, 2.45) is 5.92 Å². The number of anilines is 1. The molecule has 3 nitrogen and oxygen atoms in total. The normalized spacial score (nSPS) is 19.5. The Morgan fingerprint density at radius 3 is 2.95 bits per heavy atom. The van der Waals surface area contributed by atoms with Crippen molar-refractivity contribution in [2.75, 3.05) is 18.0 Å². The summed E-state index contributed by atoms with van der Waals surface area (Å²) >= 11 is 0. The number of carbonyl (C=O) groups is 1. The Morgan fingerprint density at radius 1 is 1.42 bits per heavy atom. The van der Waals surface area contributed by atoms with Gasteiger partial charge in [-0.1, -0.05) is 12.1 Å². The number of aliphatic carboxylic acids is 1. The molecule has 0 bridgehead atoms. The van der Waals surface area contributed by atoms with E-state index in [1.54, 1.807) is 0 Å². The summed E-state index contributed by atoms with van der Waals surface area (Å²) in [5, 5.41) is 8.79. The van der Waals surface area contributed by atoms with Crippen molar-refractivity contribution in [3.05, 3.63) is 29.3 Å². The molecule has 0 aliphatic carbocycles. The maximum Gasteiger partial charge on any atom is 0.303 e. The van der Waals surface area contributed by atoms with Gasteiger partial charge in [0.15, 0.2) is 0 Å². The van der Waals surface area contributed by atoms with Crippen LogP contribution in [0.3, 0.4) is 0 Å². The summed E-state index contributed by atoms with van der Waals surface area (Å²) in [6.07, 6.45) is 3.42. The minimum atomic E-state index is -0.677. The molecule has 1 aromatic carbocycles. The van der Waals surface area contributed by atoms with Crippen LogP contribution in [0.4, 0.5) is 5.69 Å². The number of hydrogen-bond acceptors (Lipinski definition) is 2. The largest absolute Gasteiger partial charge is 0.481 e. The van der Waals surface area contributed by atoms with Crippen molar-refractivity contribution in [2.45, 2.75) is 39.5 Å². The molecule has 1 saturated heterocycles. The highest BCUT2D eigenvalue weighted by Gasteiger charge is 2.21. The van der Waals surface area contributed by atoms with Crippen LogP contribution in [0.15, 0.2) is 18.2 Å². The molecule has 0 radical (unpaired) electrons. The average molecular weight is 261 g/mol. The lowest BCUT2D eigenvalue weighted by Gasteiger charge is -2.35. The lowest BCUT2D eigenvalue weighted by molar-refractivity contribution is -0.137. The lowest BCUT2D eigenvalue weighted by Crippen LogP contribution is -2.36. The first-order chi connectivity index (χ1) is 9.08. The summed E-state index contributed by atoms with van der Waals surface area (Å²) in [4.78, 5) is 13.1. The fraction of sp³-hybridized carbons (Fsp3) is 0.562. The first kappa shape index (κ1) is 13.9. The SMILES string of the molecule is Cc1cccc(N2CCCC(CCC(=O)O)C2)c1C. The minimum absolute atomic E-state index is 0.297. The fourth-order valence-corrected chi connectivity index (χ4v) is 2.93. The van der Waals surface area contributed by atoms with Crippen molar-refractivity contribution < 1.29 is 9.90 Å². The van der Waals surface area contributed by atoms with E-state index in [1.165, 1.54) is 16.8 Å². The molecular weight excluding hydrogens is 238 g/mol. The van der Waals surface area contributed by atoms with Crippen LogP contribution < -0.4 is 4.90 Å². The number of aryl methyl sites for hydroxylation is 1.